The second-order valence-electron chi connectivity index (χ2n) is 9.77. The van der Waals surface area contributed by atoms with Gasteiger partial charge in [0.2, 0.25) is 0 Å². The molecule has 3 fully saturated rings. The van der Waals surface area contributed by atoms with Gasteiger partial charge in [-0.25, -0.2) is 0 Å². The average Bonchev–Trinajstić information content (AvgIpc) is 2.86. The number of rotatable bonds is 0. The van der Waals surface area contributed by atoms with Crippen molar-refractivity contribution in [1.82, 2.24) is 0 Å². The van der Waals surface area contributed by atoms with Crippen molar-refractivity contribution in [3.8, 4) is 0 Å². The van der Waals surface area contributed by atoms with Crippen LogP contribution in [-0.2, 0) is 4.79 Å². The van der Waals surface area contributed by atoms with E-state index in [9.17, 15) is 15.0 Å². The standard InChI is InChI=1S/C22H32O3/c1-12-9-15-16-5-6-18(24)21(16,3)8-7-17(15)22(4)10-14(11-23)20(25)13(2)19(12)22/h11-12,15-18,23-24H,5-10H2,1-4H3/t12-,15+,16+,17+,18+,21+,22-/m1/s1. The first-order valence-electron chi connectivity index (χ1n) is 10.0. The molecule has 0 amide bonds. The molecule has 0 radical (unpaired) electrons. The van der Waals surface area contributed by atoms with Crippen LogP contribution in [0.15, 0.2) is 23.0 Å². The summed E-state index contributed by atoms with van der Waals surface area (Å²) < 4.78 is 0. The van der Waals surface area contributed by atoms with Crippen molar-refractivity contribution < 1.29 is 15.0 Å². The zero-order valence-electron chi connectivity index (χ0n) is 16.0. The van der Waals surface area contributed by atoms with Crippen molar-refractivity contribution in [3.63, 3.8) is 0 Å². The number of hydrogen-bond acceptors (Lipinski definition) is 3. The Morgan fingerprint density at radius 1 is 1.16 bits per heavy atom. The van der Waals surface area contributed by atoms with Crippen LogP contribution in [-0.4, -0.2) is 22.1 Å². The van der Waals surface area contributed by atoms with Gasteiger partial charge < -0.3 is 10.2 Å². The molecule has 0 aromatic carbocycles. The van der Waals surface area contributed by atoms with Crippen molar-refractivity contribution in [2.45, 2.75) is 72.3 Å². The molecule has 4 aliphatic rings. The zero-order chi connectivity index (χ0) is 18.1. The van der Waals surface area contributed by atoms with Gasteiger partial charge in [0.15, 0.2) is 5.78 Å². The van der Waals surface area contributed by atoms with Gasteiger partial charge in [0.1, 0.15) is 0 Å². The molecular formula is C22H32O3. The van der Waals surface area contributed by atoms with Gasteiger partial charge in [-0.15, -0.1) is 0 Å². The maximum absolute atomic E-state index is 12.6. The Labute approximate surface area is 151 Å². The minimum atomic E-state index is -0.152. The summed E-state index contributed by atoms with van der Waals surface area (Å²) in [6, 6.07) is 0. The quantitative estimate of drug-likeness (QED) is 0.500. The fourth-order valence-electron chi connectivity index (χ4n) is 7.64. The van der Waals surface area contributed by atoms with E-state index in [1.165, 1.54) is 5.57 Å². The van der Waals surface area contributed by atoms with Crippen molar-refractivity contribution in [2.24, 2.45) is 34.5 Å². The molecule has 0 aromatic rings. The molecule has 0 heterocycles. The fourth-order valence-corrected chi connectivity index (χ4v) is 7.64. The summed E-state index contributed by atoms with van der Waals surface area (Å²) >= 11 is 0. The Balaban J connectivity index is 1.80. The molecule has 2 N–H and O–H groups in total. The van der Waals surface area contributed by atoms with E-state index in [1.807, 2.05) is 6.92 Å². The summed E-state index contributed by atoms with van der Waals surface area (Å²) in [5.74, 6) is 2.23. The number of aliphatic hydroxyl groups excluding tert-OH is 2. The molecule has 3 saturated carbocycles. The Hall–Kier alpha value is -1.09. The number of Topliss-reactive ketones (excluding diaryl/α,β-unsaturated/α-hetero) is 1. The Kier molecular flexibility index (Phi) is 3.78. The second kappa shape index (κ2) is 5.45. The van der Waals surface area contributed by atoms with Crippen molar-refractivity contribution in [3.05, 3.63) is 23.0 Å². The lowest BCUT2D eigenvalue weighted by molar-refractivity contribution is -0.115. The number of carbonyl (C=O) groups is 1. The summed E-state index contributed by atoms with van der Waals surface area (Å²) in [5, 5.41) is 20.2. The monoisotopic (exact) mass is 344 g/mol. The number of ketones is 1. The molecule has 3 heteroatoms. The summed E-state index contributed by atoms with van der Waals surface area (Å²) in [5.41, 5.74) is 2.86. The predicted octanol–water partition coefficient (Wildman–Crippen LogP) is 4.57. The number of carbonyl (C=O) groups excluding carboxylic acids is 1. The smallest absolute Gasteiger partial charge is 0.187 e. The highest BCUT2D eigenvalue weighted by Gasteiger charge is 2.60. The van der Waals surface area contributed by atoms with Gasteiger partial charge in [0.25, 0.3) is 0 Å². The molecule has 3 nitrogen and oxygen atoms in total. The largest absolute Gasteiger partial charge is 0.515 e. The maximum atomic E-state index is 12.6. The van der Waals surface area contributed by atoms with Crippen LogP contribution in [0.4, 0.5) is 0 Å². The molecule has 0 spiro atoms. The van der Waals surface area contributed by atoms with Gasteiger partial charge in [-0.1, -0.05) is 26.3 Å². The fraction of sp³-hybridized carbons (Fsp3) is 0.773. The van der Waals surface area contributed by atoms with E-state index in [2.05, 4.69) is 20.8 Å². The van der Waals surface area contributed by atoms with Crippen LogP contribution in [0.1, 0.15) is 66.2 Å². The summed E-state index contributed by atoms with van der Waals surface area (Å²) in [4.78, 5) is 12.6. The highest BCUT2D eigenvalue weighted by Crippen LogP contribution is 2.67. The van der Waals surface area contributed by atoms with Gasteiger partial charge >= 0.3 is 0 Å². The van der Waals surface area contributed by atoms with Crippen LogP contribution in [0, 0.1) is 34.5 Å². The molecular weight excluding hydrogens is 312 g/mol. The number of hydrogen-bond donors (Lipinski definition) is 2. The van der Waals surface area contributed by atoms with E-state index in [-0.39, 0.29) is 22.7 Å². The predicted molar refractivity (Wildman–Crippen MR) is 98.0 cm³/mol. The van der Waals surface area contributed by atoms with Gasteiger partial charge in [-0.3, -0.25) is 4.79 Å². The minimum absolute atomic E-state index is 0.0240. The molecule has 0 bridgehead atoms. The van der Waals surface area contributed by atoms with Gasteiger partial charge in [-0.05, 0) is 85.5 Å². The number of aliphatic hydroxyl groups is 2. The zero-order valence-corrected chi connectivity index (χ0v) is 16.0. The lowest BCUT2D eigenvalue weighted by Gasteiger charge is -2.59. The van der Waals surface area contributed by atoms with Crippen molar-refractivity contribution in [1.29, 1.82) is 0 Å². The van der Waals surface area contributed by atoms with Crippen molar-refractivity contribution in [2.75, 3.05) is 0 Å². The molecule has 0 unspecified atom stereocenters. The highest BCUT2D eigenvalue weighted by molar-refractivity contribution is 6.09. The Morgan fingerprint density at radius 3 is 2.56 bits per heavy atom. The normalized spacial score (nSPS) is 51.3. The summed E-state index contributed by atoms with van der Waals surface area (Å²) in [6.07, 6.45) is 7.01. The molecule has 0 aliphatic heterocycles. The van der Waals surface area contributed by atoms with Gasteiger partial charge in [-0.2, -0.15) is 0 Å². The topological polar surface area (TPSA) is 57.5 Å². The Bertz CT molecular complexity index is 675. The maximum Gasteiger partial charge on any atom is 0.187 e. The van der Waals surface area contributed by atoms with Crippen LogP contribution in [0.2, 0.25) is 0 Å². The van der Waals surface area contributed by atoms with Gasteiger partial charge in [0.05, 0.1) is 12.4 Å². The lowest BCUT2D eigenvalue weighted by Crippen LogP contribution is -2.53. The molecule has 7 atom stereocenters. The molecule has 0 aromatic heterocycles. The van der Waals surface area contributed by atoms with Crippen LogP contribution >= 0.6 is 0 Å². The van der Waals surface area contributed by atoms with E-state index >= 15 is 0 Å². The lowest BCUT2D eigenvalue weighted by atomic mass is 9.45. The van der Waals surface area contributed by atoms with E-state index in [0.29, 0.717) is 35.7 Å². The van der Waals surface area contributed by atoms with Crippen LogP contribution < -0.4 is 0 Å². The number of fused-ring (bicyclic) bond motifs is 5. The van der Waals surface area contributed by atoms with E-state index in [1.54, 1.807) is 0 Å². The third-order valence-electron chi connectivity index (χ3n) is 8.69. The first-order chi connectivity index (χ1) is 11.7. The first kappa shape index (κ1) is 17.3. The van der Waals surface area contributed by atoms with E-state index in [4.69, 9.17) is 0 Å². The first-order valence-corrected chi connectivity index (χ1v) is 10.0. The molecule has 25 heavy (non-hydrogen) atoms. The highest BCUT2D eigenvalue weighted by atomic mass is 16.3. The van der Waals surface area contributed by atoms with E-state index in [0.717, 1.165) is 43.9 Å². The van der Waals surface area contributed by atoms with Gasteiger partial charge in [0, 0.05) is 5.57 Å². The van der Waals surface area contributed by atoms with Crippen LogP contribution in [0.5, 0.6) is 0 Å². The van der Waals surface area contributed by atoms with Crippen LogP contribution in [0.25, 0.3) is 0 Å². The molecule has 138 valence electrons. The summed E-state index contributed by atoms with van der Waals surface area (Å²) in [7, 11) is 0. The number of allylic oxidation sites excluding steroid dienone is 2. The third-order valence-corrected chi connectivity index (χ3v) is 8.69. The van der Waals surface area contributed by atoms with E-state index < -0.39 is 0 Å². The molecule has 0 saturated heterocycles. The average molecular weight is 344 g/mol. The third kappa shape index (κ3) is 2.11. The van der Waals surface area contributed by atoms with Crippen molar-refractivity contribution >= 4 is 5.78 Å². The SMILES string of the molecule is CC1=C2[C@H](C)C[C@H]3[C@@H]4CC[C@H](O)[C@@]4(C)CC[C@@H]3[C@@]2(C)CC(=CO)C1=O. The summed E-state index contributed by atoms with van der Waals surface area (Å²) in [6.45, 7) is 8.88. The minimum Gasteiger partial charge on any atom is -0.515 e. The second-order valence-corrected chi connectivity index (χ2v) is 9.77. The molecule has 4 rings (SSSR count). The Morgan fingerprint density at radius 2 is 1.88 bits per heavy atom. The van der Waals surface area contributed by atoms with Crippen LogP contribution in [0.3, 0.4) is 0 Å². The molecule has 4 aliphatic carbocycles.